The molecule has 5 heteroatoms. The van der Waals surface area contributed by atoms with Gasteiger partial charge in [0.25, 0.3) is 0 Å². The number of hydrogen-bond donors (Lipinski definition) is 0. The summed E-state index contributed by atoms with van der Waals surface area (Å²) in [5.41, 5.74) is 3.64. The van der Waals surface area contributed by atoms with Crippen LogP contribution in [0.15, 0.2) is 23.4 Å². The molecule has 0 atom stereocenters. The number of aryl methyl sites for hydroxylation is 2. The van der Waals surface area contributed by atoms with Gasteiger partial charge in [0.1, 0.15) is 0 Å². The molecule has 0 fully saturated rings. The van der Waals surface area contributed by atoms with Gasteiger partial charge in [0.15, 0.2) is 11.0 Å². The average Bonchev–Trinajstić information content (AvgIpc) is 2.72. The number of benzene rings is 1. The van der Waals surface area contributed by atoms with Gasteiger partial charge in [0.2, 0.25) is 0 Å². The number of aromatic nitrogens is 3. The molecule has 1 aromatic heterocycles. The first-order chi connectivity index (χ1) is 9.15. The fourth-order valence-electron chi connectivity index (χ4n) is 2.04. The van der Waals surface area contributed by atoms with Crippen molar-refractivity contribution in [2.24, 2.45) is 7.05 Å². The quantitative estimate of drug-likeness (QED) is 0.477. The van der Waals surface area contributed by atoms with Crippen molar-refractivity contribution in [3.63, 3.8) is 0 Å². The summed E-state index contributed by atoms with van der Waals surface area (Å²) >= 11 is 7.40. The molecule has 3 nitrogen and oxygen atoms in total. The highest BCUT2D eigenvalue weighted by Crippen LogP contribution is 2.28. The predicted molar refractivity (Wildman–Crippen MR) is 82.0 cm³/mol. The van der Waals surface area contributed by atoms with E-state index >= 15 is 0 Å². The van der Waals surface area contributed by atoms with Crippen LogP contribution in [-0.4, -0.2) is 26.4 Å². The molecular formula is C14H18ClN3S. The monoisotopic (exact) mass is 295 g/mol. The first kappa shape index (κ1) is 14.4. The Kier molecular flexibility index (Phi) is 4.88. The zero-order valence-electron chi connectivity index (χ0n) is 11.5. The summed E-state index contributed by atoms with van der Waals surface area (Å²) in [5.74, 6) is 2.60. The molecule has 0 saturated heterocycles. The number of hydrogen-bond acceptors (Lipinski definition) is 3. The SMILES string of the molecule is Cc1cccc(C)c1-c1nnc(SCCCCl)n1C. The first-order valence-corrected chi connectivity index (χ1v) is 7.82. The minimum Gasteiger partial charge on any atom is -0.305 e. The molecule has 0 bridgehead atoms. The second kappa shape index (κ2) is 6.44. The van der Waals surface area contributed by atoms with Crippen LogP contribution in [0.5, 0.6) is 0 Å². The summed E-state index contributed by atoms with van der Waals surface area (Å²) in [6.45, 7) is 4.22. The predicted octanol–water partition coefficient (Wildman–Crippen LogP) is 3.82. The number of thioether (sulfide) groups is 1. The van der Waals surface area contributed by atoms with Gasteiger partial charge < -0.3 is 4.57 Å². The highest BCUT2D eigenvalue weighted by atomic mass is 35.5. The van der Waals surface area contributed by atoms with Gasteiger partial charge in [0, 0.05) is 24.2 Å². The Hall–Kier alpha value is -1.000. The fourth-order valence-corrected chi connectivity index (χ4v) is 3.19. The molecule has 0 N–H and O–H groups in total. The summed E-state index contributed by atoms with van der Waals surface area (Å²) in [6.07, 6.45) is 0.984. The Bertz CT molecular complexity index is 546. The third-order valence-corrected chi connectivity index (χ3v) is 4.42. The van der Waals surface area contributed by atoms with Crippen LogP contribution in [0.25, 0.3) is 11.4 Å². The zero-order chi connectivity index (χ0) is 13.8. The van der Waals surface area contributed by atoms with Crippen LogP contribution in [0.3, 0.4) is 0 Å². The molecule has 0 spiro atoms. The summed E-state index contributed by atoms with van der Waals surface area (Å²) < 4.78 is 2.06. The van der Waals surface area contributed by atoms with Gasteiger partial charge in [-0.1, -0.05) is 30.0 Å². The molecule has 102 valence electrons. The lowest BCUT2D eigenvalue weighted by Crippen LogP contribution is -1.98. The second-order valence-corrected chi connectivity index (χ2v) is 5.96. The normalized spacial score (nSPS) is 10.9. The van der Waals surface area contributed by atoms with Crippen molar-refractivity contribution >= 4 is 23.4 Å². The molecule has 1 heterocycles. The van der Waals surface area contributed by atoms with Crippen LogP contribution < -0.4 is 0 Å². The van der Waals surface area contributed by atoms with E-state index in [2.05, 4.69) is 46.8 Å². The molecule has 0 unspecified atom stereocenters. The smallest absolute Gasteiger partial charge is 0.191 e. The van der Waals surface area contributed by atoms with Crippen molar-refractivity contribution < 1.29 is 0 Å². The number of halogens is 1. The second-order valence-electron chi connectivity index (χ2n) is 4.52. The van der Waals surface area contributed by atoms with Gasteiger partial charge in [-0.05, 0) is 31.4 Å². The maximum Gasteiger partial charge on any atom is 0.191 e. The van der Waals surface area contributed by atoms with E-state index in [0.29, 0.717) is 5.88 Å². The summed E-state index contributed by atoms with van der Waals surface area (Å²) in [5, 5.41) is 9.57. The van der Waals surface area contributed by atoms with Gasteiger partial charge in [-0.15, -0.1) is 21.8 Å². The summed E-state index contributed by atoms with van der Waals surface area (Å²) in [7, 11) is 2.02. The van der Waals surface area contributed by atoms with Gasteiger partial charge in [-0.2, -0.15) is 0 Å². The molecule has 0 aliphatic heterocycles. The summed E-state index contributed by atoms with van der Waals surface area (Å²) in [6, 6.07) is 6.29. The zero-order valence-corrected chi connectivity index (χ0v) is 13.1. The molecule has 19 heavy (non-hydrogen) atoms. The van der Waals surface area contributed by atoms with Gasteiger partial charge in [0.05, 0.1) is 0 Å². The van der Waals surface area contributed by atoms with Crippen LogP contribution in [-0.2, 0) is 7.05 Å². The van der Waals surface area contributed by atoms with Gasteiger partial charge in [-0.25, -0.2) is 0 Å². The number of alkyl halides is 1. The highest BCUT2D eigenvalue weighted by molar-refractivity contribution is 7.99. The number of nitrogens with zero attached hydrogens (tertiary/aromatic N) is 3. The molecule has 2 aromatic rings. The van der Waals surface area contributed by atoms with E-state index in [4.69, 9.17) is 11.6 Å². The fraction of sp³-hybridized carbons (Fsp3) is 0.429. The van der Waals surface area contributed by atoms with Gasteiger partial charge >= 0.3 is 0 Å². The molecule has 0 aliphatic rings. The largest absolute Gasteiger partial charge is 0.305 e. The van der Waals surface area contributed by atoms with Crippen molar-refractivity contribution in [3.05, 3.63) is 29.3 Å². The lowest BCUT2D eigenvalue weighted by atomic mass is 10.0. The van der Waals surface area contributed by atoms with Crippen molar-refractivity contribution in [1.29, 1.82) is 0 Å². The van der Waals surface area contributed by atoms with E-state index in [9.17, 15) is 0 Å². The Morgan fingerprint density at radius 3 is 2.53 bits per heavy atom. The van der Waals surface area contributed by atoms with Crippen molar-refractivity contribution in [2.75, 3.05) is 11.6 Å². The minimum atomic E-state index is 0.689. The van der Waals surface area contributed by atoms with Crippen molar-refractivity contribution in [2.45, 2.75) is 25.4 Å². The Morgan fingerprint density at radius 2 is 1.89 bits per heavy atom. The van der Waals surface area contributed by atoms with Crippen LogP contribution in [0.4, 0.5) is 0 Å². The lowest BCUT2D eigenvalue weighted by Gasteiger charge is -2.09. The van der Waals surface area contributed by atoms with E-state index in [1.165, 1.54) is 16.7 Å². The Morgan fingerprint density at radius 1 is 1.21 bits per heavy atom. The minimum absolute atomic E-state index is 0.689. The maximum atomic E-state index is 5.69. The maximum absolute atomic E-state index is 5.69. The lowest BCUT2D eigenvalue weighted by molar-refractivity contribution is 0.792. The topological polar surface area (TPSA) is 30.7 Å². The van der Waals surface area contributed by atoms with Crippen LogP contribution >= 0.6 is 23.4 Å². The third kappa shape index (κ3) is 3.12. The first-order valence-electron chi connectivity index (χ1n) is 6.30. The molecule has 0 radical (unpaired) electrons. The summed E-state index contributed by atoms with van der Waals surface area (Å²) in [4.78, 5) is 0. The highest BCUT2D eigenvalue weighted by Gasteiger charge is 2.14. The standard InChI is InChI=1S/C14H18ClN3S/c1-10-6-4-7-11(2)12(10)13-16-17-14(18(13)3)19-9-5-8-15/h4,6-7H,5,8-9H2,1-3H3. The molecule has 1 aromatic carbocycles. The van der Waals surface area contributed by atoms with Crippen molar-refractivity contribution in [1.82, 2.24) is 14.8 Å². The molecule has 0 amide bonds. The molecular weight excluding hydrogens is 278 g/mol. The molecule has 2 rings (SSSR count). The van der Waals surface area contributed by atoms with E-state index in [-0.39, 0.29) is 0 Å². The van der Waals surface area contributed by atoms with E-state index in [1.54, 1.807) is 11.8 Å². The molecule has 0 saturated carbocycles. The van der Waals surface area contributed by atoms with E-state index in [0.717, 1.165) is 23.2 Å². The Labute approximate surface area is 123 Å². The van der Waals surface area contributed by atoms with Crippen LogP contribution in [0, 0.1) is 13.8 Å². The van der Waals surface area contributed by atoms with Crippen molar-refractivity contribution in [3.8, 4) is 11.4 Å². The third-order valence-electron chi connectivity index (χ3n) is 3.05. The Balaban J connectivity index is 2.31. The number of rotatable bonds is 5. The van der Waals surface area contributed by atoms with Gasteiger partial charge in [-0.3, -0.25) is 0 Å². The van der Waals surface area contributed by atoms with Crippen LogP contribution in [0.2, 0.25) is 0 Å². The van der Waals surface area contributed by atoms with E-state index in [1.807, 2.05) is 7.05 Å². The van der Waals surface area contributed by atoms with Crippen LogP contribution in [0.1, 0.15) is 17.5 Å². The van der Waals surface area contributed by atoms with E-state index < -0.39 is 0 Å². The molecule has 0 aliphatic carbocycles. The average molecular weight is 296 g/mol.